The summed E-state index contributed by atoms with van der Waals surface area (Å²) in [5.74, 6) is -1.89. The van der Waals surface area contributed by atoms with Gasteiger partial charge < -0.3 is 10.2 Å². The first-order valence-electron chi connectivity index (χ1n) is 12.3. The quantitative estimate of drug-likeness (QED) is 0.166. The second-order valence-corrected chi connectivity index (χ2v) is 15.0. The van der Waals surface area contributed by atoms with Crippen LogP contribution in [0.25, 0.3) is 40.4 Å². The lowest BCUT2D eigenvalue weighted by Gasteiger charge is -2.04. The Labute approximate surface area is 253 Å². The van der Waals surface area contributed by atoms with Crippen molar-refractivity contribution in [3.05, 3.63) is 83.9 Å². The zero-order chi connectivity index (χ0) is 29.3. The van der Waals surface area contributed by atoms with Gasteiger partial charge in [0, 0.05) is 62.7 Å². The van der Waals surface area contributed by atoms with Crippen molar-refractivity contribution in [1.29, 1.82) is 0 Å². The Kier molecular flexibility index (Phi) is 8.81. The van der Waals surface area contributed by atoms with E-state index in [-0.39, 0.29) is 12.8 Å². The van der Waals surface area contributed by atoms with E-state index >= 15 is 0 Å². The van der Waals surface area contributed by atoms with Gasteiger partial charge in [0.25, 0.3) is 0 Å². The average molecular weight is 641 g/mol. The molecule has 3 heterocycles. The first-order chi connectivity index (χ1) is 19.6. The van der Waals surface area contributed by atoms with Crippen molar-refractivity contribution in [1.82, 2.24) is 0 Å². The maximum Gasteiger partial charge on any atom is 0.307 e. The van der Waals surface area contributed by atoms with E-state index < -0.39 is 33.5 Å². The molecule has 5 rings (SSSR count). The molecule has 0 radical (unpaired) electrons. The first-order valence-corrected chi connectivity index (χ1v) is 17.8. The van der Waals surface area contributed by atoms with Gasteiger partial charge in [-0.05, 0) is 47.5 Å². The van der Waals surface area contributed by atoms with Crippen LogP contribution in [-0.4, -0.2) is 43.1 Å². The highest BCUT2D eigenvalue weighted by Gasteiger charge is 2.22. The normalized spacial score (nSPS) is 12.7. The summed E-state index contributed by atoms with van der Waals surface area (Å²) < 4.78 is 24.8. The largest absolute Gasteiger partial charge is 0.481 e. The number of thiophene rings is 3. The van der Waals surface area contributed by atoms with Crippen LogP contribution < -0.4 is 0 Å². The van der Waals surface area contributed by atoms with Crippen LogP contribution >= 0.6 is 34.0 Å². The van der Waals surface area contributed by atoms with Crippen LogP contribution in [-0.2, 0) is 44.0 Å². The molecule has 0 aliphatic carbocycles. The summed E-state index contributed by atoms with van der Waals surface area (Å²) in [6.45, 7) is 0. The fourth-order valence-electron chi connectivity index (χ4n) is 4.55. The van der Waals surface area contributed by atoms with E-state index in [2.05, 4.69) is 0 Å². The first kappa shape index (κ1) is 29.3. The molecular formula is C30H24O6S5. The molecule has 0 spiro atoms. The summed E-state index contributed by atoms with van der Waals surface area (Å²) in [7, 11) is -2.43. The lowest BCUT2D eigenvalue weighted by atomic mass is 10.1. The van der Waals surface area contributed by atoms with Gasteiger partial charge in [-0.3, -0.25) is 18.0 Å². The molecule has 11 heteroatoms. The third kappa shape index (κ3) is 6.34. The van der Waals surface area contributed by atoms with Gasteiger partial charge in [0.2, 0.25) is 0 Å². The van der Waals surface area contributed by atoms with E-state index in [1.807, 2.05) is 72.8 Å². The van der Waals surface area contributed by atoms with E-state index in [0.717, 1.165) is 40.4 Å². The number of carbonyl (C=O) groups is 2. The molecule has 0 saturated heterocycles. The topological polar surface area (TPSA) is 109 Å². The van der Waals surface area contributed by atoms with Gasteiger partial charge in [-0.1, -0.05) is 36.4 Å². The predicted molar refractivity (Wildman–Crippen MR) is 169 cm³/mol. The molecule has 6 nitrogen and oxygen atoms in total. The third-order valence-corrected chi connectivity index (χ3v) is 12.1. The molecule has 0 aliphatic rings. The molecule has 2 N–H and O–H groups in total. The molecule has 210 valence electrons. The Morgan fingerprint density at radius 2 is 1.00 bits per heavy atom. The van der Waals surface area contributed by atoms with Gasteiger partial charge in [-0.25, -0.2) is 0 Å². The van der Waals surface area contributed by atoms with Crippen LogP contribution in [0.3, 0.4) is 0 Å². The standard InChI is InChI=1S/C30H24O6S5/c1-40(35)25-9-5-3-7-19(25)23-13-17(15-27(31)32)29(38-23)21-11-12-22(37-21)30-18(16-28(33)34)14-24(39-30)20-8-4-6-10-26(20)41(2)36/h3-14H,15-16H2,1-2H3,(H,31,32)(H,33,34). The monoisotopic (exact) mass is 640 g/mol. The minimum Gasteiger partial charge on any atom is -0.481 e. The maximum absolute atomic E-state index is 12.4. The van der Waals surface area contributed by atoms with Crippen LogP contribution in [0.1, 0.15) is 11.1 Å². The summed E-state index contributed by atoms with van der Waals surface area (Å²) in [6, 6.07) is 22.4. The molecule has 2 aromatic carbocycles. The Morgan fingerprint density at radius 1 is 0.610 bits per heavy atom. The summed E-state index contributed by atoms with van der Waals surface area (Å²) in [5, 5.41) is 19.2. The van der Waals surface area contributed by atoms with Crippen LogP contribution in [0.2, 0.25) is 0 Å². The molecule has 0 bridgehead atoms. The van der Waals surface area contributed by atoms with Crippen molar-refractivity contribution in [2.24, 2.45) is 0 Å². The molecule has 3 aromatic heterocycles. The molecule has 41 heavy (non-hydrogen) atoms. The van der Waals surface area contributed by atoms with Crippen LogP contribution in [0.4, 0.5) is 0 Å². The molecule has 2 atom stereocenters. The molecule has 2 unspecified atom stereocenters. The Morgan fingerprint density at radius 3 is 1.37 bits per heavy atom. The number of carboxylic acids is 2. The van der Waals surface area contributed by atoms with E-state index in [4.69, 9.17) is 0 Å². The number of hydrogen-bond acceptors (Lipinski definition) is 7. The smallest absolute Gasteiger partial charge is 0.307 e. The number of rotatable bonds is 10. The van der Waals surface area contributed by atoms with Gasteiger partial charge in [0.05, 0.1) is 34.4 Å². The fourth-order valence-corrected chi connectivity index (χ4v) is 9.93. The molecule has 0 amide bonds. The maximum atomic E-state index is 12.4. The van der Waals surface area contributed by atoms with E-state index in [9.17, 15) is 28.2 Å². The van der Waals surface area contributed by atoms with Crippen molar-refractivity contribution in [3.63, 3.8) is 0 Å². The highest BCUT2D eigenvalue weighted by atomic mass is 32.2. The summed E-state index contributed by atoms with van der Waals surface area (Å²) in [6.07, 6.45) is 2.93. The molecular weight excluding hydrogens is 617 g/mol. The predicted octanol–water partition coefficient (Wildman–Crippen LogP) is 7.27. The lowest BCUT2D eigenvalue weighted by molar-refractivity contribution is -0.137. The third-order valence-electron chi connectivity index (χ3n) is 6.28. The number of carboxylic acid groups (broad SMARTS) is 2. The summed E-state index contributed by atoms with van der Waals surface area (Å²) >= 11 is 4.39. The van der Waals surface area contributed by atoms with Crippen molar-refractivity contribution in [3.8, 4) is 40.4 Å². The Balaban J connectivity index is 1.61. The van der Waals surface area contributed by atoms with Gasteiger partial charge in [-0.2, -0.15) is 0 Å². The summed E-state index contributed by atoms with van der Waals surface area (Å²) in [4.78, 5) is 29.9. The fraction of sp³-hybridized carbons (Fsp3) is 0.133. The second-order valence-electron chi connectivity index (χ2n) is 9.14. The molecule has 0 fully saturated rings. The van der Waals surface area contributed by atoms with Crippen molar-refractivity contribution >= 4 is 67.5 Å². The van der Waals surface area contributed by atoms with Crippen molar-refractivity contribution < 1.29 is 28.2 Å². The van der Waals surface area contributed by atoms with Crippen molar-refractivity contribution in [2.45, 2.75) is 22.6 Å². The highest BCUT2D eigenvalue weighted by Crippen LogP contribution is 2.47. The zero-order valence-corrected chi connectivity index (χ0v) is 26.0. The van der Waals surface area contributed by atoms with E-state index in [1.54, 1.807) is 12.5 Å². The minimum atomic E-state index is -1.21. The van der Waals surface area contributed by atoms with E-state index in [0.29, 0.717) is 20.9 Å². The molecule has 0 aliphatic heterocycles. The van der Waals surface area contributed by atoms with Crippen LogP contribution in [0.5, 0.6) is 0 Å². The van der Waals surface area contributed by atoms with Crippen LogP contribution in [0.15, 0.2) is 82.6 Å². The van der Waals surface area contributed by atoms with Crippen molar-refractivity contribution in [2.75, 3.05) is 12.5 Å². The minimum absolute atomic E-state index is 0.158. The van der Waals surface area contributed by atoms with Gasteiger partial charge in [0.1, 0.15) is 0 Å². The molecule has 0 saturated carbocycles. The van der Waals surface area contributed by atoms with Crippen LogP contribution in [0, 0.1) is 0 Å². The molecule has 5 aromatic rings. The number of benzene rings is 2. The summed E-state index contributed by atoms with van der Waals surface area (Å²) in [5.41, 5.74) is 2.96. The second kappa shape index (κ2) is 12.3. The number of hydrogen-bond donors (Lipinski definition) is 2. The lowest BCUT2D eigenvalue weighted by Crippen LogP contribution is -1.99. The Hall–Kier alpha value is -3.22. The SMILES string of the molecule is CS(=O)c1ccccc1-c1cc(CC(=O)O)c(-c2ccc(-c3sc(-c4ccccc4S(C)=O)cc3CC(=O)O)s2)s1. The van der Waals surface area contributed by atoms with Gasteiger partial charge >= 0.3 is 11.9 Å². The Bertz CT molecular complexity index is 1700. The highest BCUT2D eigenvalue weighted by molar-refractivity contribution is 7.84. The van der Waals surface area contributed by atoms with Gasteiger partial charge in [-0.15, -0.1) is 34.0 Å². The average Bonchev–Trinajstić information content (AvgIpc) is 3.66. The van der Waals surface area contributed by atoms with E-state index in [1.165, 1.54) is 34.0 Å². The number of aliphatic carboxylic acids is 2. The zero-order valence-electron chi connectivity index (χ0n) is 21.9. The van der Waals surface area contributed by atoms with Gasteiger partial charge in [0.15, 0.2) is 0 Å².